The summed E-state index contributed by atoms with van der Waals surface area (Å²) in [6.07, 6.45) is 4.27. The van der Waals surface area contributed by atoms with Crippen molar-refractivity contribution in [3.8, 4) is 0 Å². The average Bonchev–Trinajstić information content (AvgIpc) is 3.26. The zero-order valence-corrected chi connectivity index (χ0v) is 13.9. The van der Waals surface area contributed by atoms with Crippen molar-refractivity contribution in [2.24, 2.45) is 0 Å². The fraction of sp³-hybridized carbons (Fsp3) is 0.294. The van der Waals surface area contributed by atoms with Gasteiger partial charge in [0.15, 0.2) is 5.65 Å². The van der Waals surface area contributed by atoms with Gasteiger partial charge in [-0.2, -0.15) is 9.61 Å². The summed E-state index contributed by atoms with van der Waals surface area (Å²) in [5.41, 5.74) is 3.93. The van der Waals surface area contributed by atoms with E-state index in [2.05, 4.69) is 20.7 Å². The van der Waals surface area contributed by atoms with Gasteiger partial charge < -0.3 is 10.6 Å². The average molecular weight is 328 g/mol. The molecule has 0 atom stereocenters. The highest BCUT2D eigenvalue weighted by Gasteiger charge is 2.22. The predicted molar refractivity (Wildman–Crippen MR) is 93.8 cm³/mol. The van der Waals surface area contributed by atoms with Crippen LogP contribution in [-0.2, 0) is 0 Å². The van der Waals surface area contributed by atoms with Gasteiger partial charge in [-0.1, -0.05) is 11.6 Å². The van der Waals surface area contributed by atoms with Crippen molar-refractivity contribution >= 4 is 34.6 Å². The Kier molecular flexibility index (Phi) is 3.38. The van der Waals surface area contributed by atoms with E-state index in [9.17, 15) is 0 Å². The molecule has 1 aliphatic carbocycles. The molecule has 0 saturated heterocycles. The SMILES string of the molecule is Cc1cc(Nc2cc(NC3CC3)n3ncc(C)c3n2)ccc1Cl. The van der Waals surface area contributed by atoms with E-state index in [1.54, 1.807) is 0 Å². The molecule has 118 valence electrons. The first-order valence-electron chi connectivity index (χ1n) is 7.75. The Morgan fingerprint density at radius 2 is 2.00 bits per heavy atom. The van der Waals surface area contributed by atoms with Crippen LogP contribution in [0.1, 0.15) is 24.0 Å². The lowest BCUT2D eigenvalue weighted by Crippen LogP contribution is -2.09. The quantitative estimate of drug-likeness (QED) is 0.749. The first kappa shape index (κ1) is 14.3. The number of rotatable bonds is 4. The van der Waals surface area contributed by atoms with Crippen molar-refractivity contribution in [1.82, 2.24) is 14.6 Å². The summed E-state index contributed by atoms with van der Waals surface area (Å²) >= 11 is 6.09. The predicted octanol–water partition coefficient (Wildman–Crippen LogP) is 4.32. The number of aromatic nitrogens is 3. The van der Waals surface area contributed by atoms with Crippen LogP contribution in [0.5, 0.6) is 0 Å². The monoisotopic (exact) mass is 327 g/mol. The summed E-state index contributed by atoms with van der Waals surface area (Å²) in [4.78, 5) is 4.69. The van der Waals surface area contributed by atoms with Gasteiger partial charge in [-0.05, 0) is 50.5 Å². The third-order valence-electron chi connectivity index (χ3n) is 4.01. The molecule has 0 aliphatic heterocycles. The molecule has 23 heavy (non-hydrogen) atoms. The third kappa shape index (κ3) is 2.84. The number of benzene rings is 1. The largest absolute Gasteiger partial charge is 0.367 e. The van der Waals surface area contributed by atoms with E-state index in [1.165, 1.54) is 12.8 Å². The van der Waals surface area contributed by atoms with Gasteiger partial charge in [0.25, 0.3) is 0 Å². The van der Waals surface area contributed by atoms with Crippen molar-refractivity contribution in [2.75, 3.05) is 10.6 Å². The first-order valence-corrected chi connectivity index (χ1v) is 8.13. The maximum Gasteiger partial charge on any atom is 0.162 e. The second kappa shape index (κ2) is 5.42. The third-order valence-corrected chi connectivity index (χ3v) is 4.43. The minimum atomic E-state index is 0.552. The van der Waals surface area contributed by atoms with Crippen LogP contribution < -0.4 is 10.6 Å². The molecule has 0 spiro atoms. The van der Waals surface area contributed by atoms with Crippen LogP contribution in [0.15, 0.2) is 30.5 Å². The number of aryl methyl sites for hydroxylation is 2. The van der Waals surface area contributed by atoms with Crippen LogP contribution in [-0.4, -0.2) is 20.6 Å². The van der Waals surface area contributed by atoms with Gasteiger partial charge in [-0.15, -0.1) is 0 Å². The number of nitrogens with one attached hydrogen (secondary N) is 2. The molecule has 1 saturated carbocycles. The van der Waals surface area contributed by atoms with Crippen LogP contribution in [0.2, 0.25) is 5.02 Å². The van der Waals surface area contributed by atoms with Crippen LogP contribution in [0.3, 0.4) is 0 Å². The van der Waals surface area contributed by atoms with E-state index in [0.717, 1.165) is 39.1 Å². The minimum Gasteiger partial charge on any atom is -0.367 e. The van der Waals surface area contributed by atoms with E-state index >= 15 is 0 Å². The Hall–Kier alpha value is -2.27. The Balaban J connectivity index is 1.73. The highest BCUT2D eigenvalue weighted by molar-refractivity contribution is 6.31. The standard InChI is InChI=1S/C17H18ClN5/c1-10-7-13(5-6-14(10)18)20-15-8-16(21-12-3-4-12)23-17(22-15)11(2)9-19-23/h5-9,12,21H,3-4H2,1-2H3,(H,20,22). The molecule has 1 fully saturated rings. The molecule has 1 aromatic carbocycles. The normalized spacial score (nSPS) is 14.2. The number of anilines is 3. The van der Waals surface area contributed by atoms with Gasteiger partial charge in [-0.3, -0.25) is 0 Å². The lowest BCUT2D eigenvalue weighted by Gasteiger charge is -2.12. The molecule has 4 rings (SSSR count). The topological polar surface area (TPSA) is 54.2 Å². The smallest absolute Gasteiger partial charge is 0.162 e. The summed E-state index contributed by atoms with van der Waals surface area (Å²) in [6, 6.07) is 8.42. The zero-order chi connectivity index (χ0) is 16.0. The molecule has 0 radical (unpaired) electrons. The molecule has 6 heteroatoms. The molecule has 0 bridgehead atoms. The van der Waals surface area contributed by atoms with Gasteiger partial charge in [-0.25, -0.2) is 4.98 Å². The molecular weight excluding hydrogens is 310 g/mol. The molecule has 3 aromatic rings. The highest BCUT2D eigenvalue weighted by Crippen LogP contribution is 2.28. The van der Waals surface area contributed by atoms with Gasteiger partial charge in [0.1, 0.15) is 11.6 Å². The fourth-order valence-corrected chi connectivity index (χ4v) is 2.66. The van der Waals surface area contributed by atoms with Crippen LogP contribution in [0.25, 0.3) is 5.65 Å². The summed E-state index contributed by atoms with van der Waals surface area (Å²) in [5, 5.41) is 12.1. The van der Waals surface area contributed by atoms with Crippen LogP contribution >= 0.6 is 11.6 Å². The maximum absolute atomic E-state index is 6.09. The molecule has 0 unspecified atom stereocenters. The van der Waals surface area contributed by atoms with Gasteiger partial charge in [0.05, 0.1) is 6.20 Å². The molecule has 2 aromatic heterocycles. The Morgan fingerprint density at radius 3 is 2.74 bits per heavy atom. The zero-order valence-electron chi connectivity index (χ0n) is 13.1. The van der Waals surface area contributed by atoms with E-state index in [-0.39, 0.29) is 0 Å². The van der Waals surface area contributed by atoms with E-state index in [4.69, 9.17) is 11.6 Å². The molecule has 1 aliphatic rings. The molecule has 0 amide bonds. The molecule has 2 heterocycles. The number of hydrogen-bond acceptors (Lipinski definition) is 4. The summed E-state index contributed by atoms with van der Waals surface area (Å²) < 4.78 is 1.87. The van der Waals surface area contributed by atoms with Crippen molar-refractivity contribution < 1.29 is 0 Å². The number of halogens is 1. The van der Waals surface area contributed by atoms with Crippen molar-refractivity contribution in [3.63, 3.8) is 0 Å². The minimum absolute atomic E-state index is 0.552. The van der Waals surface area contributed by atoms with Gasteiger partial charge >= 0.3 is 0 Å². The number of fused-ring (bicyclic) bond motifs is 1. The summed E-state index contributed by atoms with van der Waals surface area (Å²) in [6.45, 7) is 4.01. The van der Waals surface area contributed by atoms with E-state index < -0.39 is 0 Å². The number of nitrogens with zero attached hydrogens (tertiary/aromatic N) is 3. The van der Waals surface area contributed by atoms with E-state index in [0.29, 0.717) is 6.04 Å². The van der Waals surface area contributed by atoms with E-state index in [1.807, 2.05) is 48.8 Å². The highest BCUT2D eigenvalue weighted by atomic mass is 35.5. The first-order chi connectivity index (χ1) is 11.1. The van der Waals surface area contributed by atoms with Crippen molar-refractivity contribution in [2.45, 2.75) is 32.7 Å². The lowest BCUT2D eigenvalue weighted by molar-refractivity contribution is 0.926. The molecule has 5 nitrogen and oxygen atoms in total. The second-order valence-corrected chi connectivity index (χ2v) is 6.50. The van der Waals surface area contributed by atoms with Crippen molar-refractivity contribution in [1.29, 1.82) is 0 Å². The summed E-state index contributed by atoms with van der Waals surface area (Å²) in [5.74, 6) is 1.77. The molecule has 2 N–H and O–H groups in total. The Labute approximate surface area is 139 Å². The fourth-order valence-electron chi connectivity index (χ4n) is 2.55. The van der Waals surface area contributed by atoms with Crippen LogP contribution in [0.4, 0.5) is 17.3 Å². The van der Waals surface area contributed by atoms with Crippen molar-refractivity contribution in [3.05, 3.63) is 46.6 Å². The van der Waals surface area contributed by atoms with Crippen LogP contribution in [0, 0.1) is 13.8 Å². The lowest BCUT2D eigenvalue weighted by atomic mass is 10.2. The van der Waals surface area contributed by atoms with Gasteiger partial charge in [0.2, 0.25) is 0 Å². The Morgan fingerprint density at radius 1 is 1.17 bits per heavy atom. The molecular formula is C17H18ClN5. The number of hydrogen-bond donors (Lipinski definition) is 2. The summed E-state index contributed by atoms with van der Waals surface area (Å²) in [7, 11) is 0. The second-order valence-electron chi connectivity index (χ2n) is 6.10. The maximum atomic E-state index is 6.09. The Bertz CT molecular complexity index is 882. The van der Waals surface area contributed by atoms with Gasteiger partial charge in [0, 0.05) is 28.4 Å².